The summed E-state index contributed by atoms with van der Waals surface area (Å²) in [6.45, 7) is 7.69. The highest BCUT2D eigenvalue weighted by molar-refractivity contribution is 14.0. The van der Waals surface area contributed by atoms with Crippen molar-refractivity contribution in [3.63, 3.8) is 0 Å². The van der Waals surface area contributed by atoms with Crippen molar-refractivity contribution in [2.45, 2.75) is 26.8 Å². The van der Waals surface area contributed by atoms with E-state index in [4.69, 9.17) is 0 Å². The molecule has 2 rings (SSSR count). The van der Waals surface area contributed by atoms with E-state index in [1.165, 1.54) is 11.1 Å². The first-order valence-corrected chi connectivity index (χ1v) is 7.96. The van der Waals surface area contributed by atoms with E-state index >= 15 is 0 Å². The van der Waals surface area contributed by atoms with Crippen molar-refractivity contribution in [2.75, 3.05) is 19.6 Å². The molecule has 2 N–H and O–H groups in total. The zero-order chi connectivity index (χ0) is 15.6. The first-order valence-electron chi connectivity index (χ1n) is 7.96. The Bertz CT molecular complexity index is 578. The second kappa shape index (κ2) is 11.1. The summed E-state index contributed by atoms with van der Waals surface area (Å²) in [5.41, 5.74) is 2.64. The number of hydrogen-bond donors (Lipinski definition) is 2. The van der Waals surface area contributed by atoms with Crippen LogP contribution in [0.4, 0.5) is 0 Å². The number of halogens is 1. The van der Waals surface area contributed by atoms with Crippen molar-refractivity contribution in [1.29, 1.82) is 0 Å². The lowest BCUT2D eigenvalue weighted by Crippen LogP contribution is -2.39. The predicted octanol–water partition coefficient (Wildman–Crippen LogP) is 3.21. The van der Waals surface area contributed by atoms with Gasteiger partial charge in [0.05, 0.1) is 0 Å². The highest BCUT2D eigenvalue weighted by Gasteiger charge is 1.98. The molecule has 4 nitrogen and oxygen atoms in total. The van der Waals surface area contributed by atoms with E-state index in [1.54, 1.807) is 0 Å². The molecule has 0 bridgehead atoms. The Labute approximate surface area is 156 Å². The zero-order valence-corrected chi connectivity index (χ0v) is 16.3. The minimum atomic E-state index is 0. The van der Waals surface area contributed by atoms with Crippen LogP contribution in [0.1, 0.15) is 18.1 Å². The zero-order valence-electron chi connectivity index (χ0n) is 14.0. The maximum Gasteiger partial charge on any atom is 0.191 e. The molecule has 0 fully saturated rings. The van der Waals surface area contributed by atoms with Crippen molar-refractivity contribution in [3.05, 3.63) is 59.9 Å². The van der Waals surface area contributed by atoms with Crippen LogP contribution in [0.2, 0.25) is 0 Å². The van der Waals surface area contributed by atoms with Crippen LogP contribution in [0.25, 0.3) is 0 Å². The minimum absolute atomic E-state index is 0. The molecular weight excluding hydrogens is 399 g/mol. The Balaban J connectivity index is 0.00000264. The number of rotatable bonds is 7. The highest BCUT2D eigenvalue weighted by atomic mass is 127. The Morgan fingerprint density at radius 2 is 1.91 bits per heavy atom. The topological polar surface area (TPSA) is 41.4 Å². The summed E-state index contributed by atoms with van der Waals surface area (Å²) in [5, 5.41) is 6.66. The van der Waals surface area contributed by atoms with Gasteiger partial charge in [-0.1, -0.05) is 29.8 Å². The van der Waals surface area contributed by atoms with Gasteiger partial charge in [0.15, 0.2) is 5.96 Å². The normalized spacial score (nSPS) is 11.0. The van der Waals surface area contributed by atoms with Crippen molar-refractivity contribution < 1.29 is 0 Å². The van der Waals surface area contributed by atoms with Gasteiger partial charge in [0.2, 0.25) is 0 Å². The molecule has 0 aliphatic heterocycles. The van der Waals surface area contributed by atoms with Gasteiger partial charge in [0, 0.05) is 38.6 Å². The van der Waals surface area contributed by atoms with Gasteiger partial charge in [-0.2, -0.15) is 0 Å². The van der Waals surface area contributed by atoms with Crippen LogP contribution in [0.15, 0.2) is 53.8 Å². The number of aromatic nitrogens is 1. The maximum atomic E-state index is 4.64. The molecule has 1 aromatic carbocycles. The third-order valence-corrected chi connectivity index (χ3v) is 3.43. The minimum Gasteiger partial charge on any atom is -0.357 e. The molecule has 2 aromatic rings. The van der Waals surface area contributed by atoms with Crippen LogP contribution in [0, 0.1) is 6.92 Å². The number of nitrogens with one attached hydrogen (secondary N) is 2. The lowest BCUT2D eigenvalue weighted by Gasteiger charge is -2.11. The number of benzene rings is 1. The molecule has 0 amide bonds. The molecule has 0 saturated heterocycles. The van der Waals surface area contributed by atoms with Gasteiger partial charge in [0.1, 0.15) is 0 Å². The van der Waals surface area contributed by atoms with Crippen LogP contribution < -0.4 is 10.6 Å². The Kier molecular flexibility index (Phi) is 9.43. The number of aryl methyl sites for hydroxylation is 1. The first kappa shape index (κ1) is 19.5. The summed E-state index contributed by atoms with van der Waals surface area (Å²) in [7, 11) is 0. The van der Waals surface area contributed by atoms with Crippen molar-refractivity contribution in [2.24, 2.45) is 4.99 Å². The predicted molar refractivity (Wildman–Crippen MR) is 109 cm³/mol. The molecule has 0 aliphatic carbocycles. The van der Waals surface area contributed by atoms with Gasteiger partial charge >= 0.3 is 0 Å². The number of nitrogens with zero attached hydrogens (tertiary/aromatic N) is 2. The van der Waals surface area contributed by atoms with E-state index in [9.17, 15) is 0 Å². The van der Waals surface area contributed by atoms with Gasteiger partial charge in [-0.25, -0.2) is 0 Å². The molecule has 0 radical (unpaired) electrons. The standard InChI is InChI=1S/C18H26N4.HI/c1-3-19-18(21-11-14-22-12-4-5-13-22)20-10-9-17-8-6-7-16(2)15-17;/h4-8,12-13,15H,3,9-11,14H2,1-2H3,(H2,19,20,21);1H. The van der Waals surface area contributed by atoms with E-state index in [1.807, 2.05) is 12.1 Å². The van der Waals surface area contributed by atoms with E-state index in [2.05, 4.69) is 70.7 Å². The van der Waals surface area contributed by atoms with Gasteiger partial charge in [-0.15, -0.1) is 24.0 Å². The second-order valence-electron chi connectivity index (χ2n) is 5.35. The van der Waals surface area contributed by atoms with Gasteiger partial charge in [-0.05, 0) is 38.0 Å². The van der Waals surface area contributed by atoms with Gasteiger partial charge < -0.3 is 15.2 Å². The molecule has 0 spiro atoms. The van der Waals surface area contributed by atoms with E-state index in [0.717, 1.165) is 38.6 Å². The van der Waals surface area contributed by atoms with Crippen LogP contribution in [0.3, 0.4) is 0 Å². The Morgan fingerprint density at radius 3 is 2.61 bits per heavy atom. The lowest BCUT2D eigenvalue weighted by atomic mass is 10.1. The largest absolute Gasteiger partial charge is 0.357 e. The fourth-order valence-corrected chi connectivity index (χ4v) is 2.33. The summed E-state index contributed by atoms with van der Waals surface area (Å²) in [6, 6.07) is 12.7. The molecular formula is C18H27IN4. The number of aliphatic imine (C=N–C) groups is 1. The summed E-state index contributed by atoms with van der Waals surface area (Å²) >= 11 is 0. The van der Waals surface area contributed by atoms with Crippen molar-refractivity contribution in [3.8, 4) is 0 Å². The van der Waals surface area contributed by atoms with Crippen LogP contribution in [-0.2, 0) is 13.0 Å². The van der Waals surface area contributed by atoms with E-state index in [0.29, 0.717) is 0 Å². The third-order valence-electron chi connectivity index (χ3n) is 3.43. The van der Waals surface area contributed by atoms with E-state index < -0.39 is 0 Å². The lowest BCUT2D eigenvalue weighted by molar-refractivity contribution is 0.665. The molecule has 0 aliphatic rings. The Morgan fingerprint density at radius 1 is 1.13 bits per heavy atom. The molecule has 1 heterocycles. The second-order valence-corrected chi connectivity index (χ2v) is 5.35. The van der Waals surface area contributed by atoms with Crippen molar-refractivity contribution in [1.82, 2.24) is 15.2 Å². The summed E-state index contributed by atoms with van der Waals surface area (Å²) in [4.78, 5) is 4.64. The molecule has 23 heavy (non-hydrogen) atoms. The first-order chi connectivity index (χ1) is 10.8. The van der Waals surface area contributed by atoms with Crippen LogP contribution in [0.5, 0.6) is 0 Å². The smallest absolute Gasteiger partial charge is 0.191 e. The molecule has 0 saturated carbocycles. The summed E-state index contributed by atoms with van der Waals surface area (Å²) < 4.78 is 2.16. The van der Waals surface area contributed by atoms with Gasteiger partial charge in [-0.3, -0.25) is 4.99 Å². The number of guanidine groups is 1. The fourth-order valence-electron chi connectivity index (χ4n) is 2.33. The average molecular weight is 426 g/mol. The maximum absolute atomic E-state index is 4.64. The molecule has 126 valence electrons. The molecule has 0 atom stereocenters. The van der Waals surface area contributed by atoms with E-state index in [-0.39, 0.29) is 24.0 Å². The summed E-state index contributed by atoms with van der Waals surface area (Å²) in [6.07, 6.45) is 5.11. The number of hydrogen-bond acceptors (Lipinski definition) is 1. The fraction of sp³-hybridized carbons (Fsp3) is 0.389. The Hall–Kier alpha value is -1.50. The average Bonchev–Trinajstić information content (AvgIpc) is 3.01. The summed E-state index contributed by atoms with van der Waals surface area (Å²) in [5.74, 6) is 0.891. The monoisotopic (exact) mass is 426 g/mol. The van der Waals surface area contributed by atoms with Gasteiger partial charge in [0.25, 0.3) is 0 Å². The molecule has 5 heteroatoms. The molecule has 0 unspecified atom stereocenters. The highest BCUT2D eigenvalue weighted by Crippen LogP contribution is 2.04. The van der Waals surface area contributed by atoms with Crippen LogP contribution in [-0.4, -0.2) is 30.2 Å². The SMILES string of the molecule is CCNC(=NCCc1cccc(C)c1)NCCn1cccc1.I. The van der Waals surface area contributed by atoms with Crippen molar-refractivity contribution >= 4 is 29.9 Å². The van der Waals surface area contributed by atoms with Crippen LogP contribution >= 0.6 is 24.0 Å². The third kappa shape index (κ3) is 7.54. The molecule has 1 aromatic heterocycles. The quantitative estimate of drug-likeness (QED) is 0.406.